The molecule has 0 saturated heterocycles. The summed E-state index contributed by atoms with van der Waals surface area (Å²) in [6, 6.07) is 8.14. The van der Waals surface area contributed by atoms with Crippen molar-refractivity contribution in [1.82, 2.24) is 30.4 Å². The molecule has 0 fully saturated rings. The Hall–Kier alpha value is -3.00. The van der Waals surface area contributed by atoms with Gasteiger partial charge in [-0.15, -0.1) is 11.3 Å². The van der Waals surface area contributed by atoms with Crippen molar-refractivity contribution in [2.45, 2.75) is 25.7 Å². The van der Waals surface area contributed by atoms with Crippen LogP contribution in [0.3, 0.4) is 0 Å². The van der Waals surface area contributed by atoms with Crippen LogP contribution in [0.4, 0.5) is 0 Å². The number of ether oxygens (including phenoxy) is 1. The molecule has 1 aromatic carbocycles. The summed E-state index contributed by atoms with van der Waals surface area (Å²) in [4.78, 5) is 10.5. The molecule has 0 bridgehead atoms. The van der Waals surface area contributed by atoms with Gasteiger partial charge in [0.05, 0.1) is 22.3 Å². The number of nitrogens with one attached hydrogen (secondary N) is 2. The number of thiazole rings is 1. The van der Waals surface area contributed by atoms with E-state index in [0.717, 1.165) is 39.1 Å². The Morgan fingerprint density at radius 3 is 2.85 bits per heavy atom. The molecule has 4 heterocycles. The number of fused-ring (bicyclic) bond motifs is 3. The number of rotatable bonds is 3. The molecule has 5 rings (SSSR count). The smallest absolute Gasteiger partial charge is 0.137 e. The van der Waals surface area contributed by atoms with Crippen molar-refractivity contribution in [3.8, 4) is 28.3 Å². The van der Waals surface area contributed by atoms with Gasteiger partial charge in [0.1, 0.15) is 24.5 Å². The molecule has 3 aromatic heterocycles. The van der Waals surface area contributed by atoms with Crippen LogP contribution >= 0.6 is 11.3 Å². The third-order valence-corrected chi connectivity index (χ3v) is 6.17. The maximum Gasteiger partial charge on any atom is 0.137 e. The summed E-state index contributed by atoms with van der Waals surface area (Å²) < 4.78 is 6.21. The predicted octanol–water partition coefficient (Wildman–Crippen LogP) is 3.97. The fraction of sp³-hybridized carbons (Fsp3) is 0.263. The lowest BCUT2D eigenvalue weighted by molar-refractivity contribution is 0.305. The van der Waals surface area contributed by atoms with E-state index in [1.807, 2.05) is 12.1 Å². The van der Waals surface area contributed by atoms with Crippen LogP contribution in [0.1, 0.15) is 41.4 Å². The van der Waals surface area contributed by atoms with E-state index >= 15 is 0 Å². The van der Waals surface area contributed by atoms with Gasteiger partial charge in [-0.3, -0.25) is 10.2 Å². The van der Waals surface area contributed by atoms with Gasteiger partial charge in [0, 0.05) is 28.1 Å². The molecule has 27 heavy (non-hydrogen) atoms. The summed E-state index contributed by atoms with van der Waals surface area (Å²) in [5.74, 6) is 1.98. The Balaban J connectivity index is 1.67. The van der Waals surface area contributed by atoms with Crippen LogP contribution in [-0.2, 0) is 0 Å². The molecule has 0 spiro atoms. The van der Waals surface area contributed by atoms with E-state index in [1.54, 1.807) is 17.5 Å². The van der Waals surface area contributed by atoms with Crippen LogP contribution in [0.5, 0.6) is 5.75 Å². The van der Waals surface area contributed by atoms with Gasteiger partial charge in [-0.2, -0.15) is 10.2 Å². The molecule has 1 aliphatic heterocycles. The molecule has 8 heteroatoms. The van der Waals surface area contributed by atoms with Crippen LogP contribution in [-0.4, -0.2) is 37.0 Å². The van der Waals surface area contributed by atoms with Crippen LogP contribution < -0.4 is 4.74 Å². The lowest BCUT2D eigenvalue weighted by Crippen LogP contribution is -2.11. The first-order chi connectivity index (χ1) is 13.2. The fourth-order valence-electron chi connectivity index (χ4n) is 3.28. The molecule has 0 radical (unpaired) electrons. The van der Waals surface area contributed by atoms with Crippen LogP contribution in [0.15, 0.2) is 36.8 Å². The maximum absolute atomic E-state index is 6.21. The fourth-order valence-corrected chi connectivity index (χ4v) is 4.45. The van der Waals surface area contributed by atoms with Gasteiger partial charge in [-0.25, -0.2) is 9.97 Å². The van der Waals surface area contributed by atoms with Crippen molar-refractivity contribution in [1.29, 1.82) is 0 Å². The maximum atomic E-state index is 6.21. The van der Waals surface area contributed by atoms with E-state index in [2.05, 4.69) is 51.4 Å². The number of hydrogen-bond donors (Lipinski definition) is 2. The van der Waals surface area contributed by atoms with Gasteiger partial charge in [-0.05, 0) is 18.2 Å². The summed E-state index contributed by atoms with van der Waals surface area (Å²) in [6.45, 7) is 4.82. The molecule has 136 valence electrons. The molecule has 0 amide bonds. The third kappa shape index (κ3) is 2.73. The monoisotopic (exact) mass is 378 g/mol. The van der Waals surface area contributed by atoms with Gasteiger partial charge in [0.2, 0.25) is 0 Å². The first-order valence-electron chi connectivity index (χ1n) is 8.83. The molecule has 7 nitrogen and oxygen atoms in total. The van der Waals surface area contributed by atoms with Crippen molar-refractivity contribution >= 4 is 11.3 Å². The van der Waals surface area contributed by atoms with Gasteiger partial charge in [0.25, 0.3) is 0 Å². The molecule has 1 atom stereocenters. The second-order valence-electron chi connectivity index (χ2n) is 6.84. The minimum Gasteiger partial charge on any atom is -0.492 e. The standard InChI is InChI=1S/C19H18N6OS/c1-10(2)19-23-16-12-4-3-11(14-5-6-21-24-14)7-15(12)26-8-13(17(16)27-19)18-20-9-22-25-18/h3-7,9-10,13H,8H2,1-2H3,(H,21,24)(H,20,22,25). The normalized spacial score (nSPS) is 15.9. The summed E-state index contributed by atoms with van der Waals surface area (Å²) >= 11 is 1.73. The third-order valence-electron chi connectivity index (χ3n) is 4.70. The number of aromatic nitrogens is 6. The highest BCUT2D eigenvalue weighted by molar-refractivity contribution is 7.12. The topological polar surface area (TPSA) is 92.4 Å². The molecule has 1 unspecified atom stereocenters. The molecular weight excluding hydrogens is 360 g/mol. The Labute approximate surface area is 159 Å². The number of nitrogens with zero attached hydrogens (tertiary/aromatic N) is 4. The average Bonchev–Trinajstić information content (AvgIpc) is 3.43. The minimum atomic E-state index is -0.0181. The van der Waals surface area contributed by atoms with Crippen molar-refractivity contribution in [2.75, 3.05) is 6.61 Å². The number of aromatic amines is 2. The zero-order valence-corrected chi connectivity index (χ0v) is 15.7. The van der Waals surface area contributed by atoms with Crippen LogP contribution in [0.2, 0.25) is 0 Å². The Morgan fingerprint density at radius 2 is 2.11 bits per heavy atom. The molecule has 2 N–H and O–H groups in total. The van der Waals surface area contributed by atoms with Gasteiger partial charge < -0.3 is 4.74 Å². The quantitative estimate of drug-likeness (QED) is 0.563. The largest absolute Gasteiger partial charge is 0.492 e. The highest BCUT2D eigenvalue weighted by Gasteiger charge is 2.31. The molecular formula is C19H18N6OS. The highest BCUT2D eigenvalue weighted by Crippen LogP contribution is 2.45. The van der Waals surface area contributed by atoms with Crippen molar-refractivity contribution in [2.24, 2.45) is 0 Å². The van der Waals surface area contributed by atoms with Gasteiger partial charge in [-0.1, -0.05) is 19.9 Å². The highest BCUT2D eigenvalue weighted by atomic mass is 32.1. The van der Waals surface area contributed by atoms with E-state index in [-0.39, 0.29) is 5.92 Å². The Bertz CT molecular complexity index is 1070. The van der Waals surface area contributed by atoms with E-state index in [4.69, 9.17) is 9.72 Å². The zero-order chi connectivity index (χ0) is 18.4. The van der Waals surface area contributed by atoms with Crippen LogP contribution in [0, 0.1) is 0 Å². The lowest BCUT2D eigenvalue weighted by atomic mass is 10.0. The van der Waals surface area contributed by atoms with E-state index in [9.17, 15) is 0 Å². The Kier molecular flexibility index (Phi) is 3.78. The van der Waals surface area contributed by atoms with Gasteiger partial charge >= 0.3 is 0 Å². The zero-order valence-electron chi connectivity index (χ0n) is 14.9. The van der Waals surface area contributed by atoms with Gasteiger partial charge in [0.15, 0.2) is 0 Å². The average molecular weight is 378 g/mol. The summed E-state index contributed by atoms with van der Waals surface area (Å²) in [5.41, 5.74) is 3.98. The molecule has 0 aliphatic carbocycles. The second kappa shape index (κ2) is 6.31. The van der Waals surface area contributed by atoms with E-state index in [0.29, 0.717) is 12.5 Å². The second-order valence-corrected chi connectivity index (χ2v) is 7.90. The molecule has 4 aromatic rings. The van der Waals surface area contributed by atoms with Crippen molar-refractivity contribution < 1.29 is 4.74 Å². The number of benzene rings is 1. The van der Waals surface area contributed by atoms with Crippen molar-refractivity contribution in [3.05, 3.63) is 52.5 Å². The summed E-state index contributed by atoms with van der Waals surface area (Å²) in [7, 11) is 0. The van der Waals surface area contributed by atoms with Crippen LogP contribution in [0.25, 0.3) is 22.5 Å². The predicted molar refractivity (Wildman–Crippen MR) is 103 cm³/mol. The molecule has 0 saturated carbocycles. The van der Waals surface area contributed by atoms with Crippen molar-refractivity contribution in [3.63, 3.8) is 0 Å². The SMILES string of the molecule is CC(C)c1nc2c(s1)C(c1ncn[nH]1)COc1cc(-c3ccn[nH]3)ccc1-2. The first-order valence-corrected chi connectivity index (χ1v) is 9.65. The minimum absolute atomic E-state index is 0.0181. The molecule has 1 aliphatic rings. The number of hydrogen-bond acceptors (Lipinski definition) is 6. The van der Waals surface area contributed by atoms with E-state index < -0.39 is 0 Å². The lowest BCUT2D eigenvalue weighted by Gasteiger charge is -2.12. The first kappa shape index (κ1) is 16.2. The Morgan fingerprint density at radius 1 is 1.19 bits per heavy atom. The summed E-state index contributed by atoms with van der Waals surface area (Å²) in [5, 5.41) is 15.2. The number of H-pyrrole nitrogens is 2. The van der Waals surface area contributed by atoms with E-state index in [1.165, 1.54) is 11.2 Å². The summed E-state index contributed by atoms with van der Waals surface area (Å²) in [6.07, 6.45) is 3.28.